The molecule has 0 spiro atoms. The molecule has 1 atom stereocenters. The third-order valence-corrected chi connectivity index (χ3v) is 0.611. The van der Waals surface area contributed by atoms with Gasteiger partial charge in [0.15, 0.2) is 0 Å². The first kappa shape index (κ1) is 6.70. The molecule has 2 N–H and O–H groups in total. The zero-order chi connectivity index (χ0) is 5.91. The molecule has 1 heteroatoms. The standard InChI is InChI=1S/C6H12N/c1-4-5-6(2,3)7/h4H,1-2,5,7H2,3H3. The van der Waals surface area contributed by atoms with Crippen molar-refractivity contribution in [2.45, 2.75) is 18.9 Å². The van der Waals surface area contributed by atoms with Gasteiger partial charge in [0.2, 0.25) is 0 Å². The Balaban J connectivity index is 3.34. The van der Waals surface area contributed by atoms with Gasteiger partial charge >= 0.3 is 0 Å². The molecule has 0 fully saturated rings. The summed E-state index contributed by atoms with van der Waals surface area (Å²) in [5, 5.41) is 0. The molecule has 0 aromatic heterocycles. The zero-order valence-corrected chi connectivity index (χ0v) is 4.78. The molecule has 0 heterocycles. The Hall–Kier alpha value is -0.300. The van der Waals surface area contributed by atoms with Crippen LogP contribution in [-0.4, -0.2) is 5.54 Å². The highest BCUT2D eigenvalue weighted by Gasteiger charge is 2.05. The van der Waals surface area contributed by atoms with Gasteiger partial charge in [0, 0.05) is 5.54 Å². The van der Waals surface area contributed by atoms with Crippen LogP contribution in [0.1, 0.15) is 13.3 Å². The highest BCUT2D eigenvalue weighted by molar-refractivity contribution is 4.88. The predicted octanol–water partition coefficient (Wildman–Crippen LogP) is 1.11. The summed E-state index contributed by atoms with van der Waals surface area (Å²) in [6.07, 6.45) is 2.54. The molecule has 0 aromatic carbocycles. The summed E-state index contributed by atoms with van der Waals surface area (Å²) < 4.78 is 0. The summed E-state index contributed by atoms with van der Waals surface area (Å²) in [5.74, 6) is 0. The van der Waals surface area contributed by atoms with E-state index in [9.17, 15) is 0 Å². The average molecular weight is 98.2 g/mol. The second kappa shape index (κ2) is 2.12. The summed E-state index contributed by atoms with van der Waals surface area (Å²) in [4.78, 5) is 0. The monoisotopic (exact) mass is 98.1 g/mol. The van der Waals surface area contributed by atoms with E-state index in [4.69, 9.17) is 5.73 Å². The topological polar surface area (TPSA) is 26.0 Å². The molecule has 1 nitrogen and oxygen atoms in total. The normalized spacial score (nSPS) is 11.3. The minimum atomic E-state index is -0.318. The molecule has 0 amide bonds. The van der Waals surface area contributed by atoms with Crippen LogP contribution in [0, 0.1) is 6.92 Å². The van der Waals surface area contributed by atoms with Crippen LogP contribution >= 0.6 is 0 Å². The largest absolute Gasteiger partial charge is 0.325 e. The maximum atomic E-state index is 5.46. The molecule has 0 aromatic rings. The van der Waals surface area contributed by atoms with Gasteiger partial charge in [0.05, 0.1) is 0 Å². The van der Waals surface area contributed by atoms with Crippen molar-refractivity contribution in [1.29, 1.82) is 0 Å². The van der Waals surface area contributed by atoms with E-state index in [-0.39, 0.29) is 5.54 Å². The Kier molecular flexibility index (Phi) is 2.03. The van der Waals surface area contributed by atoms with Crippen LogP contribution in [0.15, 0.2) is 12.7 Å². The number of hydrogen-bond acceptors (Lipinski definition) is 1. The van der Waals surface area contributed by atoms with Crippen LogP contribution in [0.3, 0.4) is 0 Å². The lowest BCUT2D eigenvalue weighted by molar-refractivity contribution is 0.591. The fourth-order valence-electron chi connectivity index (χ4n) is 0.330. The van der Waals surface area contributed by atoms with Crippen LogP contribution in [-0.2, 0) is 0 Å². The molecule has 1 radical (unpaired) electrons. The Bertz CT molecular complexity index is 59.1. The Morgan fingerprint density at radius 1 is 1.86 bits per heavy atom. The van der Waals surface area contributed by atoms with E-state index in [1.54, 1.807) is 6.08 Å². The van der Waals surface area contributed by atoms with Crippen molar-refractivity contribution < 1.29 is 0 Å². The number of nitrogens with two attached hydrogens (primary N) is 1. The summed E-state index contributed by atoms with van der Waals surface area (Å²) in [6.45, 7) is 9.06. The van der Waals surface area contributed by atoms with Gasteiger partial charge in [-0.1, -0.05) is 6.08 Å². The summed E-state index contributed by atoms with van der Waals surface area (Å²) in [7, 11) is 0. The van der Waals surface area contributed by atoms with Crippen LogP contribution in [0.25, 0.3) is 0 Å². The fourth-order valence-corrected chi connectivity index (χ4v) is 0.330. The third kappa shape index (κ3) is 5.70. The van der Waals surface area contributed by atoms with Crippen molar-refractivity contribution in [2.75, 3.05) is 0 Å². The van der Waals surface area contributed by atoms with Gasteiger partial charge in [-0.15, -0.1) is 6.58 Å². The Morgan fingerprint density at radius 3 is 2.29 bits per heavy atom. The first-order chi connectivity index (χ1) is 3.06. The van der Waals surface area contributed by atoms with Crippen molar-refractivity contribution in [2.24, 2.45) is 5.73 Å². The summed E-state index contributed by atoms with van der Waals surface area (Å²) in [6, 6.07) is 0. The molecule has 0 aliphatic heterocycles. The molecule has 41 valence electrons. The van der Waals surface area contributed by atoms with Crippen LogP contribution in [0.4, 0.5) is 0 Å². The zero-order valence-electron chi connectivity index (χ0n) is 4.78. The minimum absolute atomic E-state index is 0.318. The lowest BCUT2D eigenvalue weighted by Crippen LogP contribution is -2.31. The van der Waals surface area contributed by atoms with E-state index in [2.05, 4.69) is 13.5 Å². The Labute approximate surface area is 45.2 Å². The van der Waals surface area contributed by atoms with Gasteiger partial charge in [-0.2, -0.15) is 0 Å². The van der Waals surface area contributed by atoms with Crippen molar-refractivity contribution in [3.8, 4) is 0 Å². The molecule has 1 unspecified atom stereocenters. The molecule has 0 saturated carbocycles. The van der Waals surface area contributed by atoms with E-state index in [1.165, 1.54) is 0 Å². The van der Waals surface area contributed by atoms with Crippen LogP contribution in [0.2, 0.25) is 0 Å². The second-order valence-corrected chi connectivity index (χ2v) is 2.15. The van der Waals surface area contributed by atoms with Gasteiger partial charge in [-0.3, -0.25) is 0 Å². The third-order valence-electron chi connectivity index (χ3n) is 0.611. The Morgan fingerprint density at radius 2 is 2.29 bits per heavy atom. The van der Waals surface area contributed by atoms with Gasteiger partial charge in [0.25, 0.3) is 0 Å². The van der Waals surface area contributed by atoms with Crippen molar-refractivity contribution in [3.05, 3.63) is 19.6 Å². The second-order valence-electron chi connectivity index (χ2n) is 2.15. The quantitative estimate of drug-likeness (QED) is 0.514. The van der Waals surface area contributed by atoms with E-state index >= 15 is 0 Å². The number of hydrogen-bond donors (Lipinski definition) is 1. The van der Waals surface area contributed by atoms with Crippen LogP contribution < -0.4 is 5.73 Å². The van der Waals surface area contributed by atoms with Gasteiger partial charge in [-0.25, -0.2) is 0 Å². The lowest BCUT2D eigenvalue weighted by Gasteiger charge is -2.13. The molecule has 0 bridgehead atoms. The molecule has 0 aliphatic rings. The molecule has 0 saturated heterocycles. The van der Waals surface area contributed by atoms with E-state index < -0.39 is 0 Å². The van der Waals surface area contributed by atoms with Crippen molar-refractivity contribution in [1.82, 2.24) is 0 Å². The first-order valence-electron chi connectivity index (χ1n) is 2.31. The molecule has 0 aliphatic carbocycles. The first-order valence-corrected chi connectivity index (χ1v) is 2.31. The van der Waals surface area contributed by atoms with Gasteiger partial charge in [0.1, 0.15) is 0 Å². The fraction of sp³-hybridized carbons (Fsp3) is 0.500. The maximum Gasteiger partial charge on any atom is 0.0161 e. The maximum absolute atomic E-state index is 5.46. The van der Waals surface area contributed by atoms with E-state index in [0.29, 0.717) is 0 Å². The highest BCUT2D eigenvalue weighted by atomic mass is 14.7. The van der Waals surface area contributed by atoms with E-state index in [0.717, 1.165) is 6.42 Å². The van der Waals surface area contributed by atoms with Gasteiger partial charge < -0.3 is 5.73 Å². The van der Waals surface area contributed by atoms with Gasteiger partial charge in [-0.05, 0) is 20.3 Å². The summed E-state index contributed by atoms with van der Waals surface area (Å²) >= 11 is 0. The highest BCUT2D eigenvalue weighted by Crippen LogP contribution is 2.00. The minimum Gasteiger partial charge on any atom is -0.325 e. The smallest absolute Gasteiger partial charge is 0.0161 e. The summed E-state index contributed by atoms with van der Waals surface area (Å²) in [5.41, 5.74) is 5.15. The lowest BCUT2D eigenvalue weighted by atomic mass is 10.0. The molecule has 0 rings (SSSR count). The molecular formula is C6H12N. The van der Waals surface area contributed by atoms with Crippen molar-refractivity contribution in [3.63, 3.8) is 0 Å². The van der Waals surface area contributed by atoms with E-state index in [1.807, 2.05) is 6.92 Å². The van der Waals surface area contributed by atoms with Crippen LogP contribution in [0.5, 0.6) is 0 Å². The number of rotatable bonds is 2. The van der Waals surface area contributed by atoms with Crippen molar-refractivity contribution >= 4 is 0 Å². The molecular weight excluding hydrogens is 86.1 g/mol. The predicted molar refractivity (Wildman–Crippen MR) is 32.8 cm³/mol. The SMILES string of the molecule is [CH2]C(C)(N)CC=C. The molecule has 7 heavy (non-hydrogen) atoms. The average Bonchev–Trinajstić information content (AvgIpc) is 1.30.